The van der Waals surface area contributed by atoms with Gasteiger partial charge in [0.05, 0.1) is 19.8 Å². The van der Waals surface area contributed by atoms with Crippen molar-refractivity contribution in [2.45, 2.75) is 111 Å². The van der Waals surface area contributed by atoms with E-state index in [2.05, 4.69) is 13.8 Å². The zero-order valence-electron chi connectivity index (χ0n) is 27.3. The molecule has 0 saturated heterocycles. The highest BCUT2D eigenvalue weighted by molar-refractivity contribution is 6.00. The van der Waals surface area contributed by atoms with Crippen molar-refractivity contribution in [3.63, 3.8) is 0 Å². The fraction of sp³-hybridized carbons (Fsp3) is 0.789. The van der Waals surface area contributed by atoms with E-state index in [0.717, 1.165) is 48.5 Å². The Balaban J connectivity index is 1.27. The lowest BCUT2D eigenvalue weighted by atomic mass is 9.43. The zero-order chi connectivity index (χ0) is 30.2. The summed E-state index contributed by atoms with van der Waals surface area (Å²) in [5, 5.41) is 0. The Bertz CT molecular complexity index is 1110. The minimum absolute atomic E-state index is 0.0817. The summed E-state index contributed by atoms with van der Waals surface area (Å²) in [6.07, 6.45) is 14.6. The number of carbonyl (C=O) groups excluding carboxylic acids is 2. The van der Waals surface area contributed by atoms with Crippen LogP contribution in [0.1, 0.15) is 110 Å². The number of benzene rings is 1. The van der Waals surface area contributed by atoms with E-state index in [1.807, 2.05) is 44.2 Å². The predicted molar refractivity (Wildman–Crippen MR) is 168 cm³/mol. The lowest BCUT2D eigenvalue weighted by Gasteiger charge is -2.61. The Labute approximate surface area is 260 Å². The van der Waals surface area contributed by atoms with E-state index in [9.17, 15) is 9.59 Å². The quantitative estimate of drug-likeness (QED) is 0.147. The van der Waals surface area contributed by atoms with Crippen LogP contribution in [-0.4, -0.2) is 31.8 Å². The maximum atomic E-state index is 14.1. The second kappa shape index (κ2) is 12.5. The van der Waals surface area contributed by atoms with Crippen molar-refractivity contribution < 1.29 is 23.8 Å². The Morgan fingerprint density at radius 3 is 2.16 bits per heavy atom. The number of ether oxygens (including phenoxy) is 3. The van der Waals surface area contributed by atoms with Gasteiger partial charge in [0, 0.05) is 6.61 Å². The molecule has 0 radical (unpaired) electrons. The van der Waals surface area contributed by atoms with Crippen LogP contribution in [0.2, 0.25) is 0 Å². The van der Waals surface area contributed by atoms with Gasteiger partial charge < -0.3 is 14.2 Å². The Kier molecular flexibility index (Phi) is 9.04. The molecule has 0 spiro atoms. The molecule has 0 aromatic heterocycles. The number of rotatable bonds is 11. The second-order valence-corrected chi connectivity index (χ2v) is 15.3. The molecule has 8 atom stereocenters. The third-order valence-corrected chi connectivity index (χ3v) is 13.4. The van der Waals surface area contributed by atoms with Crippen LogP contribution in [0.5, 0.6) is 0 Å². The SMILES string of the molecule is CCOC(=O)C(CCOCc1ccccc1)(C(=O)OCC)[C@H]1CCC2[C@@H]3CC[C@]4(C5CC5)C[C@@H](C)CC[C@@H]4C3CC[C@@]21C. The van der Waals surface area contributed by atoms with Gasteiger partial charge in [0.2, 0.25) is 0 Å². The first-order chi connectivity index (χ1) is 20.8. The molecule has 5 saturated carbocycles. The molecule has 2 unspecified atom stereocenters. The van der Waals surface area contributed by atoms with Crippen molar-refractivity contribution in [1.29, 1.82) is 0 Å². The van der Waals surface area contributed by atoms with E-state index in [4.69, 9.17) is 14.2 Å². The van der Waals surface area contributed by atoms with E-state index in [-0.39, 0.29) is 24.5 Å². The molecule has 0 heterocycles. The summed E-state index contributed by atoms with van der Waals surface area (Å²) in [7, 11) is 0. The third kappa shape index (κ3) is 5.38. The van der Waals surface area contributed by atoms with Gasteiger partial charge in [0.15, 0.2) is 5.41 Å². The molecule has 0 bridgehead atoms. The molecule has 0 N–H and O–H groups in total. The smallest absolute Gasteiger partial charge is 0.323 e. The minimum atomic E-state index is -1.33. The van der Waals surface area contributed by atoms with Gasteiger partial charge in [-0.3, -0.25) is 9.59 Å². The average Bonchev–Trinajstić information content (AvgIpc) is 3.80. The van der Waals surface area contributed by atoms with Gasteiger partial charge >= 0.3 is 11.9 Å². The van der Waals surface area contributed by atoms with Crippen LogP contribution in [0.4, 0.5) is 0 Å². The molecule has 1 aromatic carbocycles. The summed E-state index contributed by atoms with van der Waals surface area (Å²) < 4.78 is 17.7. The average molecular weight is 593 g/mol. The fourth-order valence-electron chi connectivity index (χ4n) is 11.7. The molecule has 5 heteroatoms. The number of hydrogen-bond donors (Lipinski definition) is 0. The molecule has 5 fully saturated rings. The third-order valence-electron chi connectivity index (χ3n) is 13.4. The first-order valence-corrected chi connectivity index (χ1v) is 17.8. The van der Waals surface area contributed by atoms with Crippen molar-refractivity contribution in [1.82, 2.24) is 0 Å². The van der Waals surface area contributed by atoms with Crippen LogP contribution in [0, 0.1) is 57.7 Å². The molecular formula is C38H56O5. The van der Waals surface area contributed by atoms with Gasteiger partial charge in [0.25, 0.3) is 0 Å². The van der Waals surface area contributed by atoms with Gasteiger partial charge in [-0.1, -0.05) is 50.6 Å². The highest BCUT2D eigenvalue weighted by atomic mass is 16.6. The van der Waals surface area contributed by atoms with Crippen molar-refractivity contribution in [3.05, 3.63) is 35.9 Å². The monoisotopic (exact) mass is 592 g/mol. The van der Waals surface area contributed by atoms with Crippen LogP contribution in [-0.2, 0) is 30.4 Å². The van der Waals surface area contributed by atoms with Gasteiger partial charge in [-0.05, 0) is 142 Å². The fourth-order valence-corrected chi connectivity index (χ4v) is 11.7. The molecule has 5 aliphatic rings. The summed E-state index contributed by atoms with van der Waals surface area (Å²) >= 11 is 0. The standard InChI is InChI=1S/C38H56O5/c1-5-42-34(39)38(35(40)43-6-2,22-23-41-25-27-10-8-7-9-11-27)33-17-16-31-29-19-21-37(28-13-14-28)24-26(3)12-15-32(37)30(29)18-20-36(31,33)4/h7-11,26,28-33H,5-6,12-25H2,1-4H3/t26-,29+,30?,31?,32+,33-,36-,37+/m0/s1. The van der Waals surface area contributed by atoms with Crippen LogP contribution in [0.25, 0.3) is 0 Å². The highest BCUT2D eigenvalue weighted by Gasteiger charge is 2.68. The first-order valence-electron chi connectivity index (χ1n) is 17.8. The van der Waals surface area contributed by atoms with E-state index in [1.165, 1.54) is 51.4 Å². The molecule has 1 aromatic rings. The van der Waals surface area contributed by atoms with E-state index in [1.54, 1.807) is 0 Å². The van der Waals surface area contributed by atoms with Crippen LogP contribution >= 0.6 is 0 Å². The van der Waals surface area contributed by atoms with E-state index >= 15 is 0 Å². The molecule has 0 aliphatic heterocycles. The predicted octanol–water partition coefficient (Wildman–Crippen LogP) is 8.39. The zero-order valence-corrected chi connectivity index (χ0v) is 27.3. The summed E-state index contributed by atoms with van der Waals surface area (Å²) in [5.41, 5.74) is 0.275. The summed E-state index contributed by atoms with van der Waals surface area (Å²) in [5.74, 6) is 3.92. The summed E-state index contributed by atoms with van der Waals surface area (Å²) in [6.45, 7) is 9.89. The molecule has 43 heavy (non-hydrogen) atoms. The van der Waals surface area contributed by atoms with Crippen molar-refractivity contribution in [2.75, 3.05) is 19.8 Å². The molecule has 238 valence electrons. The van der Waals surface area contributed by atoms with Gasteiger partial charge in [-0.2, -0.15) is 0 Å². The number of esters is 2. The molecule has 5 aliphatic carbocycles. The van der Waals surface area contributed by atoms with Crippen molar-refractivity contribution >= 4 is 11.9 Å². The highest BCUT2D eigenvalue weighted by Crippen LogP contribution is 2.72. The van der Waals surface area contributed by atoms with Gasteiger partial charge in [0.1, 0.15) is 0 Å². The van der Waals surface area contributed by atoms with E-state index in [0.29, 0.717) is 36.9 Å². The van der Waals surface area contributed by atoms with Gasteiger partial charge in [-0.15, -0.1) is 0 Å². The Morgan fingerprint density at radius 1 is 0.837 bits per heavy atom. The summed E-state index contributed by atoms with van der Waals surface area (Å²) in [6, 6.07) is 10.1. The topological polar surface area (TPSA) is 61.8 Å². The lowest BCUT2D eigenvalue weighted by molar-refractivity contribution is -0.187. The Morgan fingerprint density at radius 2 is 1.49 bits per heavy atom. The van der Waals surface area contributed by atoms with E-state index < -0.39 is 17.4 Å². The molecule has 0 amide bonds. The van der Waals surface area contributed by atoms with Crippen molar-refractivity contribution in [2.24, 2.45) is 57.7 Å². The minimum Gasteiger partial charge on any atom is -0.465 e. The molecule has 6 rings (SSSR count). The Hall–Kier alpha value is -1.88. The van der Waals surface area contributed by atoms with Crippen LogP contribution < -0.4 is 0 Å². The van der Waals surface area contributed by atoms with Gasteiger partial charge in [-0.25, -0.2) is 0 Å². The molecular weight excluding hydrogens is 536 g/mol. The maximum absolute atomic E-state index is 14.1. The van der Waals surface area contributed by atoms with Crippen LogP contribution in [0.15, 0.2) is 30.3 Å². The maximum Gasteiger partial charge on any atom is 0.323 e. The number of carbonyl (C=O) groups is 2. The number of fused-ring (bicyclic) bond motifs is 5. The van der Waals surface area contributed by atoms with Crippen LogP contribution in [0.3, 0.4) is 0 Å². The first kappa shape index (κ1) is 31.1. The molecule has 5 nitrogen and oxygen atoms in total. The summed E-state index contributed by atoms with van der Waals surface area (Å²) in [4.78, 5) is 28.2. The normalized spacial score (nSPS) is 37.1. The van der Waals surface area contributed by atoms with Crippen molar-refractivity contribution in [3.8, 4) is 0 Å². The number of hydrogen-bond acceptors (Lipinski definition) is 5. The largest absolute Gasteiger partial charge is 0.465 e. The second-order valence-electron chi connectivity index (χ2n) is 15.3. The lowest BCUT2D eigenvalue weighted by Crippen LogP contribution is -2.57.